The Balaban J connectivity index is 2.10. The van der Waals surface area contributed by atoms with Crippen molar-refractivity contribution < 1.29 is 19.0 Å². The van der Waals surface area contributed by atoms with E-state index in [1.54, 1.807) is 13.8 Å². The van der Waals surface area contributed by atoms with Gasteiger partial charge in [-0.15, -0.1) is 0 Å². The summed E-state index contributed by atoms with van der Waals surface area (Å²) < 4.78 is 17.0. The van der Waals surface area contributed by atoms with E-state index in [1.165, 1.54) is 0 Å². The molecule has 0 aliphatic rings. The number of rotatable bonds is 9. The van der Waals surface area contributed by atoms with Gasteiger partial charge in [0.05, 0.1) is 6.61 Å². The zero-order valence-corrected chi connectivity index (χ0v) is 15.2. The van der Waals surface area contributed by atoms with Gasteiger partial charge in [-0.2, -0.15) is 0 Å². The van der Waals surface area contributed by atoms with Crippen LogP contribution in [0.2, 0.25) is 0 Å². The molecule has 0 aromatic heterocycles. The van der Waals surface area contributed by atoms with Crippen LogP contribution in [-0.4, -0.2) is 25.3 Å². The molecule has 134 valence electrons. The van der Waals surface area contributed by atoms with Crippen molar-refractivity contribution in [2.75, 3.05) is 13.2 Å². The molecule has 2 aromatic rings. The smallest absolute Gasteiger partial charge is 0.333 e. The average Bonchev–Trinajstić information content (AvgIpc) is 2.60. The van der Waals surface area contributed by atoms with E-state index in [4.69, 9.17) is 14.2 Å². The van der Waals surface area contributed by atoms with Gasteiger partial charge in [-0.05, 0) is 32.4 Å². The summed E-state index contributed by atoms with van der Waals surface area (Å²) in [6, 6.07) is 11.8. The fraction of sp³-hybridized carbons (Fsp3) is 0.381. The molecular weight excluding hydrogens is 316 g/mol. The predicted molar refractivity (Wildman–Crippen MR) is 100 cm³/mol. The molecule has 2 rings (SSSR count). The van der Waals surface area contributed by atoms with Crippen LogP contribution in [0.15, 0.2) is 48.6 Å². The maximum Gasteiger partial charge on any atom is 0.333 e. The van der Waals surface area contributed by atoms with E-state index < -0.39 is 5.97 Å². The molecule has 0 aliphatic heterocycles. The van der Waals surface area contributed by atoms with Crippen LogP contribution in [0.25, 0.3) is 10.8 Å². The van der Waals surface area contributed by atoms with Gasteiger partial charge < -0.3 is 14.2 Å². The van der Waals surface area contributed by atoms with Crippen molar-refractivity contribution in [1.82, 2.24) is 0 Å². The molecule has 0 spiro atoms. The molecule has 4 heteroatoms. The standard InChI is InChI=1S/C21H26O4/c1-5-6-13-23-19-11-12-20(18-10-8-7-9-17(18)19)24-14-16(4)25-21(22)15(2)3/h7-12,16H,2,5-6,13-14H2,1,3-4H3. The molecule has 0 aliphatic carbocycles. The Morgan fingerprint density at radius 2 is 1.68 bits per heavy atom. The molecule has 0 saturated heterocycles. The van der Waals surface area contributed by atoms with Gasteiger partial charge in [-0.25, -0.2) is 4.79 Å². The van der Waals surface area contributed by atoms with Gasteiger partial charge in [0.25, 0.3) is 0 Å². The van der Waals surface area contributed by atoms with Gasteiger partial charge in [-0.3, -0.25) is 0 Å². The van der Waals surface area contributed by atoms with Crippen LogP contribution in [0.4, 0.5) is 0 Å². The number of unbranched alkanes of at least 4 members (excludes halogenated alkanes) is 1. The first-order chi connectivity index (χ1) is 12.0. The first kappa shape index (κ1) is 18.8. The fourth-order valence-corrected chi connectivity index (χ4v) is 2.35. The van der Waals surface area contributed by atoms with Gasteiger partial charge in [0.15, 0.2) is 0 Å². The van der Waals surface area contributed by atoms with Crippen LogP contribution >= 0.6 is 0 Å². The Morgan fingerprint density at radius 3 is 2.24 bits per heavy atom. The molecule has 4 nitrogen and oxygen atoms in total. The highest BCUT2D eigenvalue weighted by molar-refractivity contribution is 5.93. The second-order valence-electron chi connectivity index (χ2n) is 6.12. The van der Waals surface area contributed by atoms with E-state index in [9.17, 15) is 4.79 Å². The van der Waals surface area contributed by atoms with Gasteiger partial charge in [-0.1, -0.05) is 44.2 Å². The topological polar surface area (TPSA) is 44.8 Å². The molecule has 0 bridgehead atoms. The van der Waals surface area contributed by atoms with E-state index in [1.807, 2.05) is 36.4 Å². The van der Waals surface area contributed by atoms with E-state index in [0.29, 0.717) is 12.2 Å². The summed E-state index contributed by atoms with van der Waals surface area (Å²) in [7, 11) is 0. The highest BCUT2D eigenvalue weighted by atomic mass is 16.6. The van der Waals surface area contributed by atoms with Gasteiger partial charge in [0.1, 0.15) is 24.2 Å². The molecule has 0 saturated carbocycles. The molecule has 0 N–H and O–H groups in total. The first-order valence-corrected chi connectivity index (χ1v) is 8.66. The number of carbonyl (C=O) groups is 1. The third-order valence-corrected chi connectivity index (χ3v) is 3.73. The molecule has 25 heavy (non-hydrogen) atoms. The summed E-state index contributed by atoms with van der Waals surface area (Å²) in [6.45, 7) is 10.1. The Kier molecular flexibility index (Phi) is 6.87. The van der Waals surface area contributed by atoms with Gasteiger partial charge in [0, 0.05) is 16.3 Å². The van der Waals surface area contributed by atoms with Crippen molar-refractivity contribution in [3.63, 3.8) is 0 Å². The third-order valence-electron chi connectivity index (χ3n) is 3.73. The van der Waals surface area contributed by atoms with E-state index >= 15 is 0 Å². The maximum atomic E-state index is 11.6. The summed E-state index contributed by atoms with van der Waals surface area (Å²) in [5.41, 5.74) is 0.380. The van der Waals surface area contributed by atoms with Crippen LogP contribution in [0.1, 0.15) is 33.6 Å². The lowest BCUT2D eigenvalue weighted by molar-refractivity contribution is -0.144. The third kappa shape index (κ3) is 5.24. The second kappa shape index (κ2) is 9.11. The van der Waals surface area contributed by atoms with Crippen LogP contribution < -0.4 is 9.47 Å². The predicted octanol–water partition coefficient (Wildman–Crippen LogP) is 4.91. The minimum Gasteiger partial charge on any atom is -0.493 e. The van der Waals surface area contributed by atoms with Crippen LogP contribution in [0.3, 0.4) is 0 Å². The molecule has 0 amide bonds. The van der Waals surface area contributed by atoms with Crippen molar-refractivity contribution in [2.45, 2.75) is 39.7 Å². The van der Waals surface area contributed by atoms with Crippen LogP contribution in [-0.2, 0) is 9.53 Å². The molecule has 0 heterocycles. The fourth-order valence-electron chi connectivity index (χ4n) is 2.35. The second-order valence-corrected chi connectivity index (χ2v) is 6.12. The lowest BCUT2D eigenvalue weighted by Crippen LogP contribution is -2.22. The van der Waals surface area contributed by atoms with Crippen LogP contribution in [0, 0.1) is 0 Å². The Labute approximate surface area is 149 Å². The number of carbonyl (C=O) groups excluding carboxylic acids is 1. The monoisotopic (exact) mass is 342 g/mol. The number of hydrogen-bond acceptors (Lipinski definition) is 4. The largest absolute Gasteiger partial charge is 0.493 e. The molecule has 2 aromatic carbocycles. The molecule has 1 atom stereocenters. The minimum absolute atomic E-state index is 0.277. The number of benzene rings is 2. The molecule has 0 fully saturated rings. The highest BCUT2D eigenvalue weighted by Gasteiger charge is 2.13. The number of fused-ring (bicyclic) bond motifs is 1. The lowest BCUT2D eigenvalue weighted by atomic mass is 10.1. The van der Waals surface area contributed by atoms with Crippen molar-refractivity contribution in [1.29, 1.82) is 0 Å². The van der Waals surface area contributed by atoms with E-state index in [0.717, 1.165) is 35.1 Å². The van der Waals surface area contributed by atoms with Crippen LogP contribution in [0.5, 0.6) is 11.5 Å². The van der Waals surface area contributed by atoms with Crippen molar-refractivity contribution in [2.24, 2.45) is 0 Å². The van der Waals surface area contributed by atoms with E-state index in [2.05, 4.69) is 13.5 Å². The summed E-state index contributed by atoms with van der Waals surface area (Å²) in [4.78, 5) is 11.6. The quantitative estimate of drug-likeness (QED) is 0.369. The number of ether oxygens (including phenoxy) is 3. The van der Waals surface area contributed by atoms with Crippen molar-refractivity contribution >= 4 is 16.7 Å². The first-order valence-electron chi connectivity index (χ1n) is 8.66. The highest BCUT2D eigenvalue weighted by Crippen LogP contribution is 2.33. The summed E-state index contributed by atoms with van der Waals surface area (Å²) in [6.07, 6.45) is 1.77. The maximum absolute atomic E-state index is 11.6. The van der Waals surface area contributed by atoms with Gasteiger partial charge in [0.2, 0.25) is 0 Å². The minimum atomic E-state index is -0.402. The average molecular weight is 342 g/mol. The summed E-state index contributed by atoms with van der Waals surface area (Å²) >= 11 is 0. The zero-order valence-electron chi connectivity index (χ0n) is 15.2. The summed E-state index contributed by atoms with van der Waals surface area (Å²) in [5.74, 6) is 1.20. The Hall–Kier alpha value is -2.49. The van der Waals surface area contributed by atoms with Crippen molar-refractivity contribution in [3.05, 3.63) is 48.6 Å². The lowest BCUT2D eigenvalue weighted by Gasteiger charge is -2.17. The summed E-state index contributed by atoms with van der Waals surface area (Å²) in [5, 5.41) is 2.00. The van der Waals surface area contributed by atoms with E-state index in [-0.39, 0.29) is 12.7 Å². The van der Waals surface area contributed by atoms with Crippen molar-refractivity contribution in [3.8, 4) is 11.5 Å². The number of hydrogen-bond donors (Lipinski definition) is 0. The number of esters is 1. The van der Waals surface area contributed by atoms with Gasteiger partial charge >= 0.3 is 5.97 Å². The Morgan fingerprint density at radius 1 is 1.08 bits per heavy atom. The molecule has 1 unspecified atom stereocenters. The zero-order chi connectivity index (χ0) is 18.2. The molecule has 0 radical (unpaired) electrons. The normalized spacial score (nSPS) is 11.8. The Bertz CT molecular complexity index is 736. The molecular formula is C21H26O4. The SMILES string of the molecule is C=C(C)C(=O)OC(C)COc1ccc(OCCCC)c2ccccc12.